The number of alkyl halides is 1. The van der Waals surface area contributed by atoms with Gasteiger partial charge in [-0.2, -0.15) is 10.1 Å². The molecule has 0 saturated carbocycles. The molecule has 1 fully saturated rings. The summed E-state index contributed by atoms with van der Waals surface area (Å²) >= 11 is 5.83. The SMILES string of the molecule is CC(N)/C=N\N(C(N)=O)[C@@H]1O[C@@](CO)(CCl)C[C@H]1C. The predicted molar refractivity (Wildman–Crippen MR) is 72.8 cm³/mol. The highest BCUT2D eigenvalue weighted by atomic mass is 35.5. The molecule has 1 aliphatic heterocycles. The number of carbonyl (C=O) groups is 1. The van der Waals surface area contributed by atoms with Crippen molar-refractivity contribution in [2.45, 2.75) is 38.1 Å². The van der Waals surface area contributed by atoms with Gasteiger partial charge in [0, 0.05) is 18.2 Å². The summed E-state index contributed by atoms with van der Waals surface area (Å²) in [6.07, 6.45) is 1.27. The van der Waals surface area contributed by atoms with Crippen molar-refractivity contribution < 1.29 is 14.6 Å². The molecule has 1 unspecified atom stereocenters. The molecule has 0 aromatic rings. The third-order valence-electron chi connectivity index (χ3n) is 2.98. The van der Waals surface area contributed by atoms with E-state index in [0.717, 1.165) is 5.01 Å². The van der Waals surface area contributed by atoms with Crippen molar-refractivity contribution in [3.63, 3.8) is 0 Å². The molecule has 1 saturated heterocycles. The second-order valence-electron chi connectivity index (χ2n) is 4.97. The maximum atomic E-state index is 11.5. The molecular formula is C11H21ClN4O3. The van der Waals surface area contributed by atoms with Crippen LogP contribution in [0.3, 0.4) is 0 Å². The van der Waals surface area contributed by atoms with E-state index in [4.69, 9.17) is 27.8 Å². The molecular weight excluding hydrogens is 272 g/mol. The highest BCUT2D eigenvalue weighted by molar-refractivity contribution is 6.18. The Morgan fingerprint density at radius 2 is 2.42 bits per heavy atom. The first kappa shape index (κ1) is 16.2. The van der Waals surface area contributed by atoms with Gasteiger partial charge in [-0.1, -0.05) is 6.92 Å². The maximum Gasteiger partial charge on any atom is 0.337 e. The number of hydrazone groups is 1. The van der Waals surface area contributed by atoms with Crippen LogP contribution in [0, 0.1) is 5.92 Å². The first-order chi connectivity index (χ1) is 8.85. The molecule has 0 aromatic heterocycles. The Hall–Kier alpha value is -0.890. The molecule has 110 valence electrons. The van der Waals surface area contributed by atoms with Crippen LogP contribution in [0.25, 0.3) is 0 Å². The number of hydrogen-bond acceptors (Lipinski definition) is 5. The van der Waals surface area contributed by atoms with Crippen LogP contribution in [0.2, 0.25) is 0 Å². The highest BCUT2D eigenvalue weighted by Gasteiger charge is 2.47. The van der Waals surface area contributed by atoms with E-state index in [9.17, 15) is 9.90 Å². The number of amides is 2. The molecule has 2 amide bonds. The second kappa shape index (κ2) is 6.51. The highest BCUT2D eigenvalue weighted by Crippen LogP contribution is 2.37. The maximum absolute atomic E-state index is 11.5. The molecule has 0 spiro atoms. The first-order valence-corrected chi connectivity index (χ1v) is 6.61. The van der Waals surface area contributed by atoms with Crippen molar-refractivity contribution in [3.8, 4) is 0 Å². The van der Waals surface area contributed by atoms with E-state index in [1.165, 1.54) is 6.21 Å². The number of hydrogen-bond donors (Lipinski definition) is 3. The number of ether oxygens (including phenoxy) is 1. The van der Waals surface area contributed by atoms with E-state index in [-0.39, 0.29) is 24.4 Å². The number of primary amides is 1. The van der Waals surface area contributed by atoms with Gasteiger partial charge < -0.3 is 21.3 Å². The molecule has 1 rings (SSSR count). The lowest BCUT2D eigenvalue weighted by Gasteiger charge is -2.28. The Labute approximate surface area is 117 Å². The van der Waals surface area contributed by atoms with Crippen LogP contribution in [-0.4, -0.2) is 52.7 Å². The minimum absolute atomic E-state index is 0.0522. The van der Waals surface area contributed by atoms with E-state index >= 15 is 0 Å². The molecule has 8 heteroatoms. The summed E-state index contributed by atoms with van der Waals surface area (Å²) in [5.41, 5.74) is 9.99. The summed E-state index contributed by atoms with van der Waals surface area (Å²) in [4.78, 5) is 11.5. The van der Waals surface area contributed by atoms with Crippen molar-refractivity contribution in [2.24, 2.45) is 22.5 Å². The minimum Gasteiger partial charge on any atom is -0.393 e. The Bertz CT molecular complexity index is 347. The van der Waals surface area contributed by atoms with Crippen LogP contribution < -0.4 is 11.5 Å². The van der Waals surface area contributed by atoms with E-state index in [1.54, 1.807) is 6.92 Å². The zero-order valence-corrected chi connectivity index (χ0v) is 11.9. The molecule has 0 aliphatic carbocycles. The van der Waals surface area contributed by atoms with Crippen LogP contribution in [-0.2, 0) is 4.74 Å². The van der Waals surface area contributed by atoms with Gasteiger partial charge in [0.15, 0.2) is 6.23 Å². The lowest BCUT2D eigenvalue weighted by atomic mass is 9.97. The van der Waals surface area contributed by atoms with E-state index in [0.29, 0.717) is 6.42 Å². The molecule has 0 bridgehead atoms. The van der Waals surface area contributed by atoms with Crippen molar-refractivity contribution in [1.29, 1.82) is 0 Å². The van der Waals surface area contributed by atoms with Gasteiger partial charge in [-0.25, -0.2) is 4.79 Å². The number of nitrogens with two attached hydrogens (primary N) is 2. The summed E-state index contributed by atoms with van der Waals surface area (Å²) in [5.74, 6) is 0.0807. The predicted octanol–water partition coefficient (Wildman–Crippen LogP) is 0.0525. The fourth-order valence-electron chi connectivity index (χ4n) is 2.05. The molecule has 7 nitrogen and oxygen atoms in total. The molecule has 1 heterocycles. The molecule has 0 aromatic carbocycles. The zero-order valence-electron chi connectivity index (χ0n) is 11.1. The van der Waals surface area contributed by atoms with Gasteiger partial charge in [-0.3, -0.25) is 0 Å². The van der Waals surface area contributed by atoms with Crippen LogP contribution in [0.1, 0.15) is 20.3 Å². The number of urea groups is 1. The quantitative estimate of drug-likeness (QED) is 0.377. The Morgan fingerprint density at radius 3 is 2.79 bits per heavy atom. The van der Waals surface area contributed by atoms with Crippen LogP contribution in [0.15, 0.2) is 5.10 Å². The van der Waals surface area contributed by atoms with Gasteiger partial charge in [0.25, 0.3) is 0 Å². The lowest BCUT2D eigenvalue weighted by Crippen LogP contribution is -2.45. The number of carbonyl (C=O) groups excluding carboxylic acids is 1. The summed E-state index contributed by atoms with van der Waals surface area (Å²) < 4.78 is 5.70. The van der Waals surface area contributed by atoms with Crippen LogP contribution in [0.5, 0.6) is 0 Å². The molecule has 19 heavy (non-hydrogen) atoms. The van der Waals surface area contributed by atoms with Crippen LogP contribution in [0.4, 0.5) is 4.79 Å². The Morgan fingerprint density at radius 1 is 1.79 bits per heavy atom. The Kier molecular flexibility index (Phi) is 5.54. The van der Waals surface area contributed by atoms with Crippen molar-refractivity contribution >= 4 is 23.8 Å². The number of aliphatic hydroxyl groups excluding tert-OH is 1. The van der Waals surface area contributed by atoms with Gasteiger partial charge in [0.05, 0.1) is 12.5 Å². The summed E-state index contributed by atoms with van der Waals surface area (Å²) in [6.45, 7) is 3.38. The van der Waals surface area contributed by atoms with Crippen LogP contribution >= 0.6 is 11.6 Å². The smallest absolute Gasteiger partial charge is 0.337 e. The van der Waals surface area contributed by atoms with Gasteiger partial charge in [0.1, 0.15) is 5.60 Å². The third-order valence-corrected chi connectivity index (χ3v) is 3.46. The first-order valence-electron chi connectivity index (χ1n) is 6.08. The van der Waals surface area contributed by atoms with E-state index in [1.807, 2.05) is 6.92 Å². The van der Waals surface area contributed by atoms with Crippen molar-refractivity contribution in [2.75, 3.05) is 12.5 Å². The standard InChI is InChI=1S/C11H21ClN4O3/c1-7-3-11(5-12,6-17)19-9(7)16(10(14)18)15-4-8(2)13/h4,7-9,17H,3,5-6,13H2,1-2H3,(H2,14,18)/b15-4-/t7-,8?,9-,11-/m1/s1. The molecule has 0 radical (unpaired) electrons. The van der Waals surface area contributed by atoms with E-state index < -0.39 is 17.9 Å². The summed E-state index contributed by atoms with van der Waals surface area (Å²) in [5, 5.41) is 14.4. The van der Waals surface area contributed by atoms with Gasteiger partial charge in [0.2, 0.25) is 0 Å². The number of aliphatic hydroxyl groups is 1. The third kappa shape index (κ3) is 3.79. The lowest BCUT2D eigenvalue weighted by molar-refractivity contribution is -0.106. The van der Waals surface area contributed by atoms with E-state index in [2.05, 4.69) is 5.10 Å². The fraction of sp³-hybridized carbons (Fsp3) is 0.818. The number of halogens is 1. The molecule has 4 atom stereocenters. The fourth-order valence-corrected chi connectivity index (χ4v) is 2.31. The average Bonchev–Trinajstić information content (AvgIpc) is 2.67. The average molecular weight is 293 g/mol. The minimum atomic E-state index is -0.858. The summed E-state index contributed by atoms with van der Waals surface area (Å²) in [7, 11) is 0. The number of rotatable bonds is 5. The normalized spacial score (nSPS) is 32.7. The topological polar surface area (TPSA) is 114 Å². The number of nitrogens with zero attached hydrogens (tertiary/aromatic N) is 2. The van der Waals surface area contributed by atoms with Gasteiger partial charge in [-0.15, -0.1) is 11.6 Å². The monoisotopic (exact) mass is 292 g/mol. The second-order valence-corrected chi connectivity index (χ2v) is 5.24. The molecule has 5 N–H and O–H groups in total. The zero-order chi connectivity index (χ0) is 14.6. The van der Waals surface area contributed by atoms with Gasteiger partial charge in [-0.05, 0) is 13.3 Å². The van der Waals surface area contributed by atoms with Crippen molar-refractivity contribution in [1.82, 2.24) is 5.01 Å². The summed E-state index contributed by atoms with van der Waals surface area (Å²) in [6, 6.07) is -1.05. The molecule has 1 aliphatic rings. The van der Waals surface area contributed by atoms with Gasteiger partial charge >= 0.3 is 6.03 Å². The largest absolute Gasteiger partial charge is 0.393 e. The van der Waals surface area contributed by atoms with Crippen molar-refractivity contribution in [3.05, 3.63) is 0 Å². The Balaban J connectivity index is 2.89.